The van der Waals surface area contributed by atoms with Crippen LogP contribution in [0.5, 0.6) is 0 Å². The number of hydrogen-bond donors (Lipinski definition) is 0. The van der Waals surface area contributed by atoms with Crippen LogP contribution in [0.1, 0.15) is 11.1 Å². The average molecular weight is 528 g/mol. The van der Waals surface area contributed by atoms with Crippen molar-refractivity contribution in [3.05, 3.63) is 79.1 Å². The molecule has 0 aliphatic heterocycles. The summed E-state index contributed by atoms with van der Waals surface area (Å²) in [7, 11) is -5.53. The fourth-order valence-corrected chi connectivity index (χ4v) is 10.3. The van der Waals surface area contributed by atoms with Crippen molar-refractivity contribution >= 4 is 43.8 Å². The van der Waals surface area contributed by atoms with Crippen molar-refractivity contribution in [2.45, 2.75) is 38.4 Å². The molecule has 4 nitrogen and oxygen atoms in total. The van der Waals surface area contributed by atoms with E-state index in [9.17, 15) is 8.42 Å². The van der Waals surface area contributed by atoms with Gasteiger partial charge in [0.05, 0.1) is 0 Å². The van der Waals surface area contributed by atoms with Gasteiger partial charge in [0.1, 0.15) is 0 Å². The molecule has 0 spiro atoms. The third kappa shape index (κ3) is 4.94. The topological polar surface area (TPSA) is 56.5 Å². The van der Waals surface area contributed by atoms with Crippen LogP contribution >= 0.6 is 20.2 Å². The first-order valence-electron chi connectivity index (χ1n) is 8.95. The molecule has 0 N–H and O–H groups in total. The second-order valence-corrected chi connectivity index (χ2v) is 19.0. The van der Waals surface area contributed by atoms with Crippen LogP contribution in [0.15, 0.2) is 70.0 Å². The van der Waals surface area contributed by atoms with Crippen molar-refractivity contribution in [3.8, 4) is 0 Å². The molecule has 0 aliphatic rings. The molecule has 3 rings (SSSR count). The Morgan fingerprint density at radius 1 is 0.821 bits per heavy atom. The van der Waals surface area contributed by atoms with Gasteiger partial charge in [-0.1, -0.05) is 0 Å². The fraction of sp³-hybridized carbons (Fsp3) is 0.238. The number of rotatable bonds is 6. The van der Waals surface area contributed by atoms with Gasteiger partial charge in [-0.05, 0) is 0 Å². The summed E-state index contributed by atoms with van der Waals surface area (Å²) in [5, 5.41) is 0.952. The first kappa shape index (κ1) is 21.3. The van der Waals surface area contributed by atoms with Gasteiger partial charge in [0.25, 0.3) is 0 Å². The van der Waals surface area contributed by atoms with Crippen molar-refractivity contribution < 1.29 is 15.3 Å². The zero-order valence-electron chi connectivity index (χ0n) is 16.7. The van der Waals surface area contributed by atoms with E-state index in [4.69, 9.17) is 6.93 Å². The standard InChI is InChI=1S/C21H25IO4SSi/c1-16-6-10-18(11-7-16)22(20-14-15-21(25-20)28(3,4)5)26-27(23,24)19-12-8-17(2)9-13-19/h6-15H,1-5H3. The Kier molecular flexibility index (Phi) is 6.19. The summed E-state index contributed by atoms with van der Waals surface area (Å²) in [4.78, 5) is 0.171. The van der Waals surface area contributed by atoms with E-state index in [1.165, 1.54) is 0 Å². The number of hydrogen-bond acceptors (Lipinski definition) is 4. The van der Waals surface area contributed by atoms with Crippen molar-refractivity contribution in [1.82, 2.24) is 0 Å². The van der Waals surface area contributed by atoms with Crippen molar-refractivity contribution in [3.63, 3.8) is 0 Å². The molecular formula is C21H25IO4SSi. The van der Waals surface area contributed by atoms with E-state index in [2.05, 4.69) is 19.6 Å². The normalized spacial score (nSPS) is 12.8. The zero-order chi connectivity index (χ0) is 20.5. The van der Waals surface area contributed by atoms with E-state index >= 15 is 0 Å². The molecule has 2 aromatic carbocycles. The van der Waals surface area contributed by atoms with Gasteiger partial charge in [0, 0.05) is 0 Å². The number of aryl methyl sites for hydroxylation is 2. The summed E-state index contributed by atoms with van der Waals surface area (Å²) in [6, 6.07) is 18.4. The Morgan fingerprint density at radius 2 is 1.36 bits per heavy atom. The van der Waals surface area contributed by atoms with E-state index < -0.39 is 38.4 Å². The Morgan fingerprint density at radius 3 is 1.86 bits per heavy atom. The molecule has 7 heteroatoms. The second kappa shape index (κ2) is 8.14. The first-order valence-corrected chi connectivity index (χ1v) is 16.9. The van der Waals surface area contributed by atoms with Gasteiger partial charge in [-0.3, -0.25) is 0 Å². The van der Waals surface area contributed by atoms with E-state index in [0.29, 0.717) is 3.77 Å². The molecule has 0 amide bonds. The molecular weight excluding hydrogens is 503 g/mol. The summed E-state index contributed by atoms with van der Waals surface area (Å²) in [6.07, 6.45) is 0. The van der Waals surface area contributed by atoms with Crippen LogP contribution < -0.4 is 5.38 Å². The van der Waals surface area contributed by atoms with Gasteiger partial charge in [0.15, 0.2) is 0 Å². The van der Waals surface area contributed by atoms with Gasteiger partial charge >= 0.3 is 177 Å². The third-order valence-corrected chi connectivity index (χ3v) is 12.9. The molecule has 1 aromatic heterocycles. The summed E-state index contributed by atoms with van der Waals surface area (Å²) < 4.78 is 39.4. The van der Waals surface area contributed by atoms with Crippen LogP contribution in [-0.2, 0) is 12.6 Å². The molecule has 0 saturated carbocycles. The minimum atomic E-state index is -3.89. The van der Waals surface area contributed by atoms with Crippen LogP contribution in [0.2, 0.25) is 19.6 Å². The van der Waals surface area contributed by atoms with Gasteiger partial charge in [0.2, 0.25) is 0 Å². The molecule has 0 fully saturated rings. The van der Waals surface area contributed by atoms with Crippen molar-refractivity contribution in [2.24, 2.45) is 0 Å². The predicted octanol–water partition coefficient (Wildman–Crippen LogP) is 5.31. The minimum absolute atomic E-state index is 0.171. The monoisotopic (exact) mass is 528 g/mol. The Labute approximate surface area is 176 Å². The Balaban J connectivity index is 2.02. The molecule has 0 atom stereocenters. The summed E-state index contributed by atoms with van der Waals surface area (Å²) >= 11 is -2.78. The molecule has 0 saturated heterocycles. The van der Waals surface area contributed by atoms with Gasteiger partial charge in [-0.25, -0.2) is 0 Å². The summed E-state index contributed by atoms with van der Waals surface area (Å²) in [6.45, 7) is 10.5. The summed E-state index contributed by atoms with van der Waals surface area (Å²) in [5.74, 6) is 0. The molecule has 28 heavy (non-hydrogen) atoms. The van der Waals surface area contributed by atoms with Crippen LogP contribution in [0.3, 0.4) is 0 Å². The number of halogens is 1. The Bertz CT molecular complexity index is 1050. The maximum atomic E-state index is 13.0. The van der Waals surface area contributed by atoms with E-state index in [-0.39, 0.29) is 4.90 Å². The van der Waals surface area contributed by atoms with Crippen molar-refractivity contribution in [2.75, 3.05) is 0 Å². The average Bonchev–Trinajstić information content (AvgIpc) is 3.11. The van der Waals surface area contributed by atoms with E-state index in [1.807, 2.05) is 50.2 Å². The second-order valence-electron chi connectivity index (χ2n) is 7.73. The van der Waals surface area contributed by atoms with E-state index in [0.717, 1.165) is 20.1 Å². The zero-order valence-corrected chi connectivity index (χ0v) is 20.7. The van der Waals surface area contributed by atoms with Crippen LogP contribution in [0.4, 0.5) is 0 Å². The SMILES string of the molecule is Cc1ccc(I(OS(=O)(=O)c2ccc(C)cc2)c2ccc([Si](C)(C)C)o2)cc1. The maximum absolute atomic E-state index is 13.0. The Hall–Kier alpha value is -1.42. The molecule has 3 aromatic rings. The quantitative estimate of drug-likeness (QED) is 0.322. The number of furan rings is 1. The van der Waals surface area contributed by atoms with Gasteiger partial charge < -0.3 is 0 Å². The third-order valence-electron chi connectivity index (χ3n) is 4.15. The fourth-order valence-electron chi connectivity index (χ4n) is 2.46. The molecule has 1 heterocycles. The van der Waals surface area contributed by atoms with E-state index in [1.54, 1.807) is 24.3 Å². The molecule has 0 aliphatic carbocycles. The summed E-state index contributed by atoms with van der Waals surface area (Å²) in [5.41, 5.74) is 2.11. The molecule has 0 unspecified atom stereocenters. The van der Waals surface area contributed by atoms with Crippen LogP contribution in [-0.4, -0.2) is 16.5 Å². The van der Waals surface area contributed by atoms with Gasteiger partial charge in [-0.15, -0.1) is 0 Å². The molecule has 150 valence electrons. The number of benzene rings is 2. The van der Waals surface area contributed by atoms with Gasteiger partial charge in [-0.2, -0.15) is 0 Å². The first-order chi connectivity index (χ1) is 13.1. The van der Waals surface area contributed by atoms with Crippen LogP contribution in [0, 0.1) is 21.2 Å². The van der Waals surface area contributed by atoms with Crippen LogP contribution in [0.25, 0.3) is 0 Å². The molecule has 0 bridgehead atoms. The van der Waals surface area contributed by atoms with Crippen molar-refractivity contribution in [1.29, 1.82) is 0 Å². The predicted molar refractivity (Wildman–Crippen MR) is 124 cm³/mol. The molecule has 0 radical (unpaired) electrons.